The Morgan fingerprint density at radius 2 is 1.97 bits per heavy atom. The van der Waals surface area contributed by atoms with E-state index in [0.717, 1.165) is 23.8 Å². The molecule has 0 spiro atoms. The molecule has 0 aromatic heterocycles. The molecule has 1 aromatic carbocycles. The monoisotopic (exact) mass is 410 g/mol. The lowest BCUT2D eigenvalue weighted by Crippen LogP contribution is -2.54. The van der Waals surface area contributed by atoms with Crippen molar-refractivity contribution in [3.8, 4) is 0 Å². The normalized spacial score (nSPS) is 26.8. The first-order valence-electron chi connectivity index (χ1n) is 9.26. The standard InChI is InChI=1S/C20H21F3N2O4/c1-11-5-7-15(18(27)25-14(9-11)6-8-16(25)19(28)29)24-17(26)12-3-2-4-13(10-12)20(21,22)23/h2-5,10,14-16H,6-9H2,1H3,(H,24,26)(H,28,29)/b11-5-. The number of carboxylic acid groups (broad SMARTS) is 1. The molecule has 1 aromatic rings. The number of nitrogens with zero attached hydrogens (tertiary/aromatic N) is 1. The van der Waals surface area contributed by atoms with E-state index in [0.29, 0.717) is 19.3 Å². The maximum absolute atomic E-state index is 13.0. The van der Waals surface area contributed by atoms with Crippen LogP contribution in [0.4, 0.5) is 13.2 Å². The van der Waals surface area contributed by atoms with Crippen molar-refractivity contribution in [1.82, 2.24) is 10.2 Å². The van der Waals surface area contributed by atoms with Gasteiger partial charge in [0.15, 0.2) is 0 Å². The lowest BCUT2D eigenvalue weighted by molar-refractivity contribution is -0.150. The average molecular weight is 410 g/mol. The molecule has 9 heteroatoms. The van der Waals surface area contributed by atoms with Gasteiger partial charge in [0, 0.05) is 11.6 Å². The maximum atomic E-state index is 13.0. The smallest absolute Gasteiger partial charge is 0.416 e. The van der Waals surface area contributed by atoms with E-state index in [-0.39, 0.29) is 18.0 Å². The van der Waals surface area contributed by atoms with Crippen LogP contribution in [-0.4, -0.2) is 45.9 Å². The molecule has 0 aliphatic carbocycles. The van der Waals surface area contributed by atoms with Crippen molar-refractivity contribution in [1.29, 1.82) is 0 Å². The summed E-state index contributed by atoms with van der Waals surface area (Å²) in [6.45, 7) is 1.87. The van der Waals surface area contributed by atoms with Crippen molar-refractivity contribution in [2.75, 3.05) is 0 Å². The minimum absolute atomic E-state index is 0.144. The second kappa shape index (κ2) is 7.88. The summed E-state index contributed by atoms with van der Waals surface area (Å²) in [5.41, 5.74) is -0.213. The Labute approximate surface area is 165 Å². The molecule has 0 bridgehead atoms. The van der Waals surface area contributed by atoms with Crippen LogP contribution >= 0.6 is 0 Å². The van der Waals surface area contributed by atoms with Gasteiger partial charge in [0.1, 0.15) is 12.1 Å². The number of hydrogen-bond donors (Lipinski definition) is 2. The lowest BCUT2D eigenvalue weighted by atomic mass is 9.99. The number of carbonyl (C=O) groups is 3. The topological polar surface area (TPSA) is 86.7 Å². The van der Waals surface area contributed by atoms with Gasteiger partial charge in [0.25, 0.3) is 5.91 Å². The van der Waals surface area contributed by atoms with Gasteiger partial charge < -0.3 is 15.3 Å². The Bertz CT molecular complexity index is 866. The molecule has 156 valence electrons. The Morgan fingerprint density at radius 1 is 1.24 bits per heavy atom. The molecule has 2 aliphatic rings. The minimum Gasteiger partial charge on any atom is -0.480 e. The van der Waals surface area contributed by atoms with Crippen molar-refractivity contribution in [3.05, 3.63) is 47.0 Å². The van der Waals surface area contributed by atoms with E-state index in [9.17, 15) is 32.7 Å². The molecule has 2 N–H and O–H groups in total. The van der Waals surface area contributed by atoms with E-state index < -0.39 is 41.6 Å². The highest BCUT2D eigenvalue weighted by Gasteiger charge is 2.44. The van der Waals surface area contributed by atoms with Gasteiger partial charge in [-0.05, 0) is 50.8 Å². The predicted octanol–water partition coefficient (Wildman–Crippen LogP) is 2.99. The summed E-state index contributed by atoms with van der Waals surface area (Å²) in [6.07, 6.45) is -1.21. The van der Waals surface area contributed by atoms with E-state index in [1.165, 1.54) is 11.0 Å². The van der Waals surface area contributed by atoms with Crippen LogP contribution in [0.1, 0.15) is 48.5 Å². The van der Waals surface area contributed by atoms with Crippen LogP contribution in [0.3, 0.4) is 0 Å². The van der Waals surface area contributed by atoms with Crippen LogP contribution in [-0.2, 0) is 15.8 Å². The van der Waals surface area contributed by atoms with Gasteiger partial charge in [-0.15, -0.1) is 0 Å². The van der Waals surface area contributed by atoms with Crippen molar-refractivity contribution in [2.45, 2.75) is 56.9 Å². The zero-order valence-electron chi connectivity index (χ0n) is 15.7. The number of rotatable bonds is 3. The zero-order valence-corrected chi connectivity index (χ0v) is 15.7. The maximum Gasteiger partial charge on any atom is 0.416 e. The molecule has 1 fully saturated rings. The Morgan fingerprint density at radius 3 is 2.62 bits per heavy atom. The molecule has 0 radical (unpaired) electrons. The Balaban J connectivity index is 1.85. The van der Waals surface area contributed by atoms with Gasteiger partial charge in [-0.3, -0.25) is 9.59 Å². The van der Waals surface area contributed by atoms with Crippen LogP contribution in [0.25, 0.3) is 0 Å². The quantitative estimate of drug-likeness (QED) is 0.750. The molecule has 2 heterocycles. The Kier molecular flexibility index (Phi) is 5.68. The Hall–Kier alpha value is -2.84. The van der Waals surface area contributed by atoms with Gasteiger partial charge in [0.2, 0.25) is 5.91 Å². The first-order valence-corrected chi connectivity index (χ1v) is 9.26. The number of halogens is 3. The molecule has 29 heavy (non-hydrogen) atoms. The van der Waals surface area contributed by atoms with Crippen LogP contribution in [0.2, 0.25) is 0 Å². The van der Waals surface area contributed by atoms with E-state index in [1.807, 2.05) is 6.92 Å². The van der Waals surface area contributed by atoms with Crippen molar-refractivity contribution >= 4 is 17.8 Å². The second-order valence-corrected chi connectivity index (χ2v) is 7.43. The van der Waals surface area contributed by atoms with E-state index in [1.54, 1.807) is 6.08 Å². The number of amides is 2. The number of nitrogens with one attached hydrogen (secondary N) is 1. The van der Waals surface area contributed by atoms with Crippen LogP contribution < -0.4 is 5.32 Å². The van der Waals surface area contributed by atoms with Crippen molar-refractivity contribution in [2.24, 2.45) is 0 Å². The predicted molar refractivity (Wildman–Crippen MR) is 97.0 cm³/mol. The number of fused-ring (bicyclic) bond motifs is 1. The first kappa shape index (κ1) is 20.9. The third-order valence-corrected chi connectivity index (χ3v) is 5.36. The summed E-state index contributed by atoms with van der Waals surface area (Å²) in [5.74, 6) is -2.45. The highest BCUT2D eigenvalue weighted by atomic mass is 19.4. The van der Waals surface area contributed by atoms with Gasteiger partial charge in [-0.2, -0.15) is 13.2 Å². The van der Waals surface area contributed by atoms with Crippen LogP contribution in [0.5, 0.6) is 0 Å². The third-order valence-electron chi connectivity index (χ3n) is 5.36. The molecule has 1 saturated heterocycles. The number of hydrogen-bond acceptors (Lipinski definition) is 3. The van der Waals surface area contributed by atoms with Crippen LogP contribution in [0.15, 0.2) is 35.9 Å². The van der Waals surface area contributed by atoms with Crippen molar-refractivity contribution < 1.29 is 32.7 Å². The second-order valence-electron chi connectivity index (χ2n) is 7.43. The molecule has 2 amide bonds. The van der Waals surface area contributed by atoms with Crippen LogP contribution in [0, 0.1) is 0 Å². The summed E-state index contributed by atoms with van der Waals surface area (Å²) in [7, 11) is 0. The molecule has 3 rings (SSSR count). The highest BCUT2D eigenvalue weighted by molar-refractivity contribution is 5.98. The number of alkyl halides is 3. The fraction of sp³-hybridized carbons (Fsp3) is 0.450. The summed E-state index contributed by atoms with van der Waals surface area (Å²) in [5, 5.41) is 11.9. The third kappa shape index (κ3) is 4.44. The number of aliphatic carboxylic acids is 1. The van der Waals surface area contributed by atoms with Crippen molar-refractivity contribution in [3.63, 3.8) is 0 Å². The lowest BCUT2D eigenvalue weighted by Gasteiger charge is -2.33. The van der Waals surface area contributed by atoms with Gasteiger partial charge in [-0.25, -0.2) is 4.79 Å². The summed E-state index contributed by atoms with van der Waals surface area (Å²) >= 11 is 0. The van der Waals surface area contributed by atoms with Gasteiger partial charge in [0.05, 0.1) is 5.56 Å². The molecular formula is C20H21F3N2O4. The first-order chi connectivity index (χ1) is 13.6. The molecule has 0 saturated carbocycles. The minimum atomic E-state index is -4.59. The van der Waals surface area contributed by atoms with Gasteiger partial charge in [-0.1, -0.05) is 17.7 Å². The zero-order chi connectivity index (χ0) is 21.3. The average Bonchev–Trinajstić information content (AvgIpc) is 3.06. The summed E-state index contributed by atoms with van der Waals surface area (Å²) in [6, 6.07) is 1.66. The SMILES string of the molecule is C/C1=C/CC(NC(=O)c2cccc(C(F)(F)F)c2)C(=O)N2C(CCC2C(=O)O)C1. The highest BCUT2D eigenvalue weighted by Crippen LogP contribution is 2.32. The number of carbonyl (C=O) groups excluding carboxylic acids is 2. The molecule has 3 atom stereocenters. The molecule has 3 unspecified atom stereocenters. The molecule has 6 nitrogen and oxygen atoms in total. The van der Waals surface area contributed by atoms with E-state index in [4.69, 9.17) is 0 Å². The largest absolute Gasteiger partial charge is 0.480 e. The van der Waals surface area contributed by atoms with Gasteiger partial charge >= 0.3 is 12.1 Å². The molecule has 2 aliphatic heterocycles. The summed E-state index contributed by atoms with van der Waals surface area (Å²) < 4.78 is 38.7. The molecular weight excluding hydrogens is 389 g/mol. The van der Waals surface area contributed by atoms with E-state index in [2.05, 4.69) is 5.32 Å². The summed E-state index contributed by atoms with van der Waals surface area (Å²) in [4.78, 5) is 38.4. The number of benzene rings is 1. The van der Waals surface area contributed by atoms with E-state index >= 15 is 0 Å². The number of carboxylic acids is 1. The fourth-order valence-corrected chi connectivity index (χ4v) is 3.91. The fourth-order valence-electron chi connectivity index (χ4n) is 3.91.